The van der Waals surface area contributed by atoms with Gasteiger partial charge in [-0.15, -0.1) is 11.8 Å². The van der Waals surface area contributed by atoms with Gasteiger partial charge in [0.1, 0.15) is 29.9 Å². The van der Waals surface area contributed by atoms with Crippen molar-refractivity contribution in [2.24, 2.45) is 0 Å². The Kier molecular flexibility index (Phi) is 13.3. The van der Waals surface area contributed by atoms with E-state index in [0.29, 0.717) is 6.42 Å². The van der Waals surface area contributed by atoms with Crippen LogP contribution in [0.2, 0.25) is 0 Å². The second-order valence-electron chi connectivity index (χ2n) is 7.08. The van der Waals surface area contributed by atoms with Crippen LogP contribution in [-0.4, -0.2) is 75.7 Å². The van der Waals surface area contributed by atoms with Gasteiger partial charge in [-0.2, -0.15) is 0 Å². The molecule has 160 valence electrons. The molecule has 0 radical (unpaired) electrons. The van der Waals surface area contributed by atoms with Gasteiger partial charge in [-0.25, -0.2) is 0 Å². The lowest BCUT2D eigenvalue weighted by Gasteiger charge is -2.39. The second-order valence-corrected chi connectivity index (χ2v) is 8.28. The van der Waals surface area contributed by atoms with E-state index >= 15 is 0 Å². The number of hydrogen-bond donors (Lipinski definition) is 4. The Labute approximate surface area is 166 Å². The largest absolute Gasteiger partial charge is 0.469 e. The lowest BCUT2D eigenvalue weighted by Crippen LogP contribution is -2.57. The number of carbonyl (C=O) groups is 1. The first kappa shape index (κ1) is 24.7. The van der Waals surface area contributed by atoms with Crippen molar-refractivity contribution in [2.45, 2.75) is 94.1 Å². The molecule has 0 saturated carbocycles. The molecule has 0 amide bonds. The fraction of sp³-hybridized carbons (Fsp3) is 0.947. The summed E-state index contributed by atoms with van der Waals surface area (Å²) in [6, 6.07) is 0. The lowest BCUT2D eigenvalue weighted by molar-refractivity contribution is -0.205. The maximum absolute atomic E-state index is 11.0. The van der Waals surface area contributed by atoms with Crippen molar-refractivity contribution < 1.29 is 34.7 Å². The molecule has 1 aliphatic heterocycles. The van der Waals surface area contributed by atoms with Crippen LogP contribution in [0.4, 0.5) is 0 Å². The Balaban J connectivity index is 1.96. The van der Waals surface area contributed by atoms with Crippen molar-refractivity contribution in [1.29, 1.82) is 0 Å². The molecule has 7 nitrogen and oxygen atoms in total. The number of methoxy groups -OCH3 is 1. The molecule has 0 aromatic carbocycles. The average Bonchev–Trinajstić information content (AvgIpc) is 2.68. The van der Waals surface area contributed by atoms with Crippen LogP contribution in [0.5, 0.6) is 0 Å². The molecule has 1 rings (SSSR count). The Morgan fingerprint density at radius 1 is 0.889 bits per heavy atom. The summed E-state index contributed by atoms with van der Waals surface area (Å²) in [6.45, 7) is -0.384. The molecule has 1 fully saturated rings. The Bertz CT molecular complexity index is 394. The number of aliphatic hydroxyl groups is 4. The minimum Gasteiger partial charge on any atom is -0.469 e. The second kappa shape index (κ2) is 14.6. The molecular weight excluding hydrogens is 372 g/mol. The van der Waals surface area contributed by atoms with Gasteiger partial charge in [0.2, 0.25) is 0 Å². The predicted octanol–water partition coefficient (Wildman–Crippen LogP) is 1.59. The van der Waals surface area contributed by atoms with Gasteiger partial charge in [0.25, 0.3) is 0 Å². The van der Waals surface area contributed by atoms with Crippen LogP contribution >= 0.6 is 11.8 Å². The standard InChI is InChI=1S/C19H36O7S/c1-25-15(21)11-9-7-5-3-2-4-6-8-10-12-27-19-18(24)17(23)16(22)14(13-20)26-19/h14,16-20,22-24H,2-13H2,1H3/t14-,16-,17+,18-,19+/m1/s1. The van der Waals surface area contributed by atoms with E-state index in [0.717, 1.165) is 44.3 Å². The summed E-state index contributed by atoms with van der Waals surface area (Å²) < 4.78 is 10.1. The smallest absolute Gasteiger partial charge is 0.305 e. The van der Waals surface area contributed by atoms with E-state index in [-0.39, 0.29) is 12.6 Å². The molecule has 4 N–H and O–H groups in total. The highest BCUT2D eigenvalue weighted by Gasteiger charge is 2.43. The van der Waals surface area contributed by atoms with Gasteiger partial charge in [0.15, 0.2) is 0 Å². The van der Waals surface area contributed by atoms with E-state index in [1.807, 2.05) is 0 Å². The fourth-order valence-electron chi connectivity index (χ4n) is 3.12. The van der Waals surface area contributed by atoms with Crippen LogP contribution in [-0.2, 0) is 14.3 Å². The molecule has 0 bridgehead atoms. The number of ether oxygens (including phenoxy) is 2. The molecule has 0 spiro atoms. The van der Waals surface area contributed by atoms with Crippen molar-refractivity contribution in [2.75, 3.05) is 19.5 Å². The number of hydrogen-bond acceptors (Lipinski definition) is 8. The van der Waals surface area contributed by atoms with Crippen molar-refractivity contribution in [1.82, 2.24) is 0 Å². The third-order valence-electron chi connectivity index (χ3n) is 4.88. The summed E-state index contributed by atoms with van der Waals surface area (Å²) >= 11 is 1.42. The van der Waals surface area contributed by atoms with Gasteiger partial charge < -0.3 is 29.9 Å². The molecular formula is C19H36O7S. The number of esters is 1. The van der Waals surface area contributed by atoms with E-state index in [9.17, 15) is 25.2 Å². The predicted molar refractivity (Wildman–Crippen MR) is 104 cm³/mol. The zero-order valence-corrected chi connectivity index (χ0v) is 17.1. The molecule has 1 saturated heterocycles. The van der Waals surface area contributed by atoms with Gasteiger partial charge in [0.05, 0.1) is 13.7 Å². The summed E-state index contributed by atoms with van der Waals surface area (Å²) in [6.07, 6.45) is 5.96. The summed E-state index contributed by atoms with van der Waals surface area (Å²) in [5.41, 5.74) is -0.620. The summed E-state index contributed by atoms with van der Waals surface area (Å²) in [7, 11) is 1.42. The van der Waals surface area contributed by atoms with Crippen molar-refractivity contribution in [3.8, 4) is 0 Å². The van der Waals surface area contributed by atoms with Crippen LogP contribution < -0.4 is 0 Å². The van der Waals surface area contributed by atoms with E-state index in [1.165, 1.54) is 38.1 Å². The number of rotatable bonds is 14. The molecule has 5 atom stereocenters. The lowest BCUT2D eigenvalue weighted by atomic mass is 10.0. The highest BCUT2D eigenvalue weighted by Crippen LogP contribution is 2.29. The average molecular weight is 409 g/mol. The number of thioether (sulfide) groups is 1. The van der Waals surface area contributed by atoms with Gasteiger partial charge in [-0.3, -0.25) is 4.79 Å². The van der Waals surface area contributed by atoms with E-state index in [2.05, 4.69) is 4.74 Å². The van der Waals surface area contributed by atoms with Crippen LogP contribution in [0.3, 0.4) is 0 Å². The summed E-state index contributed by atoms with van der Waals surface area (Å²) in [5.74, 6) is 0.674. The van der Waals surface area contributed by atoms with E-state index in [4.69, 9.17) is 4.74 Å². The molecule has 0 aromatic heterocycles. The molecule has 0 unspecified atom stereocenters. The minimum absolute atomic E-state index is 0.128. The van der Waals surface area contributed by atoms with Crippen molar-refractivity contribution in [3.05, 3.63) is 0 Å². The van der Waals surface area contributed by atoms with Gasteiger partial charge >= 0.3 is 5.97 Å². The van der Waals surface area contributed by atoms with Crippen LogP contribution in [0.15, 0.2) is 0 Å². The Morgan fingerprint density at radius 2 is 1.44 bits per heavy atom. The first-order chi connectivity index (χ1) is 13.0. The zero-order chi connectivity index (χ0) is 20.1. The van der Waals surface area contributed by atoms with E-state index in [1.54, 1.807) is 0 Å². The van der Waals surface area contributed by atoms with Gasteiger partial charge in [-0.1, -0.05) is 44.9 Å². The third-order valence-corrected chi connectivity index (χ3v) is 6.13. The molecule has 1 aliphatic rings. The SMILES string of the molecule is COC(=O)CCCCCCCCCCCS[C@@H]1O[C@H](CO)[C@@H](O)[C@H](O)[C@H]1O. The van der Waals surface area contributed by atoms with Crippen LogP contribution in [0.1, 0.15) is 64.2 Å². The van der Waals surface area contributed by atoms with Gasteiger partial charge in [0, 0.05) is 6.42 Å². The highest BCUT2D eigenvalue weighted by molar-refractivity contribution is 7.99. The Hall–Kier alpha value is -0.380. The van der Waals surface area contributed by atoms with Crippen LogP contribution in [0, 0.1) is 0 Å². The Morgan fingerprint density at radius 3 is 2.00 bits per heavy atom. The summed E-state index contributed by atoms with van der Waals surface area (Å²) in [4.78, 5) is 11.0. The van der Waals surface area contributed by atoms with Crippen LogP contribution in [0.25, 0.3) is 0 Å². The maximum atomic E-state index is 11.0. The monoisotopic (exact) mass is 408 g/mol. The summed E-state index contributed by atoms with van der Waals surface area (Å²) in [5, 5.41) is 38.6. The molecule has 8 heteroatoms. The zero-order valence-electron chi connectivity index (χ0n) is 16.3. The number of unbranched alkanes of at least 4 members (excludes halogenated alkanes) is 8. The highest BCUT2D eigenvalue weighted by atomic mass is 32.2. The first-order valence-corrected chi connectivity index (χ1v) is 11.0. The van der Waals surface area contributed by atoms with Gasteiger partial charge in [-0.05, 0) is 18.6 Å². The van der Waals surface area contributed by atoms with Crippen molar-refractivity contribution >= 4 is 17.7 Å². The molecule has 0 aliphatic carbocycles. The molecule has 1 heterocycles. The quantitative estimate of drug-likeness (QED) is 0.253. The first-order valence-electron chi connectivity index (χ1n) is 10.00. The minimum atomic E-state index is -1.29. The third kappa shape index (κ3) is 9.58. The fourth-order valence-corrected chi connectivity index (χ4v) is 4.30. The molecule has 27 heavy (non-hydrogen) atoms. The topological polar surface area (TPSA) is 116 Å². The number of aliphatic hydroxyl groups excluding tert-OH is 4. The van der Waals surface area contributed by atoms with Crippen molar-refractivity contribution in [3.63, 3.8) is 0 Å². The van der Waals surface area contributed by atoms with E-state index < -0.39 is 29.9 Å². The number of carbonyl (C=O) groups excluding carboxylic acids is 1. The molecule has 0 aromatic rings. The normalized spacial score (nSPS) is 28.3. The maximum Gasteiger partial charge on any atom is 0.305 e.